The van der Waals surface area contributed by atoms with Crippen molar-refractivity contribution in [2.75, 3.05) is 0 Å². The van der Waals surface area contributed by atoms with Gasteiger partial charge in [0.1, 0.15) is 0 Å². The van der Waals surface area contributed by atoms with Crippen LogP contribution in [0.3, 0.4) is 0 Å². The van der Waals surface area contributed by atoms with Gasteiger partial charge < -0.3 is 0 Å². The Balaban J connectivity index is 2.23. The van der Waals surface area contributed by atoms with Crippen LogP contribution in [0.2, 0.25) is 0 Å². The van der Waals surface area contributed by atoms with Gasteiger partial charge in [-0.1, -0.05) is 0 Å². The minimum atomic E-state index is -0.687. The van der Waals surface area contributed by atoms with Gasteiger partial charge in [0.25, 0.3) is 0 Å². The number of carbonyl (C=O) groups is 2. The summed E-state index contributed by atoms with van der Waals surface area (Å²) in [6.07, 6.45) is 13.7. The van der Waals surface area contributed by atoms with E-state index in [0.29, 0.717) is 6.42 Å². The quantitative estimate of drug-likeness (QED) is 0.201. The zero-order valence-corrected chi connectivity index (χ0v) is 16.8. The van der Waals surface area contributed by atoms with Crippen LogP contribution in [0.1, 0.15) is 90.9 Å². The van der Waals surface area contributed by atoms with Crippen LogP contribution in [0.4, 0.5) is 0 Å². The standard InChI is InChI=1S/C18H32IO4/c1-3-4-5-6-7-8-9-10-12-16(19-23-15(2)20)17-13-11-14-18(21)22-17/h16-17H,3-14H2,1-2H3/q-1/t16?,17-/m0/s1. The second-order valence-electron chi connectivity index (χ2n) is 6.36. The molecule has 0 amide bonds. The molecule has 1 aliphatic rings. The second kappa shape index (κ2) is 13.0. The van der Waals surface area contributed by atoms with E-state index in [0.717, 1.165) is 25.7 Å². The van der Waals surface area contributed by atoms with Crippen molar-refractivity contribution in [3.8, 4) is 0 Å². The van der Waals surface area contributed by atoms with Gasteiger partial charge >= 0.3 is 152 Å². The van der Waals surface area contributed by atoms with Gasteiger partial charge in [0.15, 0.2) is 0 Å². The second-order valence-corrected chi connectivity index (χ2v) is 8.91. The van der Waals surface area contributed by atoms with Gasteiger partial charge in [-0.15, -0.1) is 0 Å². The van der Waals surface area contributed by atoms with E-state index in [1.54, 1.807) is 0 Å². The Hall–Kier alpha value is -0.330. The number of unbranched alkanes of at least 4 members (excludes halogenated alkanes) is 7. The normalized spacial score (nSPS) is 19.4. The first-order chi connectivity index (χ1) is 11.1. The number of ether oxygens (including phenoxy) is 1. The molecule has 0 aromatic heterocycles. The summed E-state index contributed by atoms with van der Waals surface area (Å²) in [5, 5.41) is 0. The summed E-state index contributed by atoms with van der Waals surface area (Å²) in [6.45, 7) is 3.70. The Morgan fingerprint density at radius 1 is 1.22 bits per heavy atom. The Kier molecular flexibility index (Phi) is 11.7. The molecular weight excluding hydrogens is 407 g/mol. The summed E-state index contributed by atoms with van der Waals surface area (Å²) in [5.41, 5.74) is 0. The summed E-state index contributed by atoms with van der Waals surface area (Å²) in [6, 6.07) is 0. The topological polar surface area (TPSA) is 52.6 Å². The van der Waals surface area contributed by atoms with Gasteiger partial charge in [-0.3, -0.25) is 0 Å². The van der Waals surface area contributed by atoms with Crippen LogP contribution in [0.5, 0.6) is 0 Å². The number of alkyl halides is 1. The summed E-state index contributed by atoms with van der Waals surface area (Å²) >= 11 is -0.687. The Bertz CT molecular complexity index is 346. The molecule has 0 bridgehead atoms. The average Bonchev–Trinajstić information content (AvgIpc) is 2.52. The molecule has 5 heteroatoms. The number of carbonyl (C=O) groups excluding carboxylic acids is 2. The molecule has 2 atom stereocenters. The summed E-state index contributed by atoms with van der Waals surface area (Å²) in [4.78, 5) is 22.6. The van der Waals surface area contributed by atoms with Crippen LogP contribution in [-0.2, 0) is 17.4 Å². The van der Waals surface area contributed by atoms with Crippen LogP contribution in [0.15, 0.2) is 0 Å². The van der Waals surface area contributed by atoms with Gasteiger partial charge in [0, 0.05) is 0 Å². The zero-order valence-electron chi connectivity index (χ0n) is 14.7. The number of esters is 1. The average molecular weight is 439 g/mol. The third-order valence-corrected chi connectivity index (χ3v) is 7.11. The Labute approximate surface area is 151 Å². The number of hydrogen-bond acceptors (Lipinski definition) is 4. The fourth-order valence-electron chi connectivity index (χ4n) is 2.87. The molecule has 1 fully saturated rings. The molecule has 0 aromatic carbocycles. The third-order valence-electron chi connectivity index (χ3n) is 4.16. The van der Waals surface area contributed by atoms with E-state index >= 15 is 0 Å². The van der Waals surface area contributed by atoms with Gasteiger partial charge in [-0.25, -0.2) is 0 Å². The van der Waals surface area contributed by atoms with Crippen molar-refractivity contribution in [1.82, 2.24) is 0 Å². The number of halogens is 1. The molecule has 1 heterocycles. The number of cyclic esters (lactones) is 1. The maximum atomic E-state index is 11.5. The van der Waals surface area contributed by atoms with E-state index in [2.05, 4.69) is 6.92 Å². The first-order valence-electron chi connectivity index (χ1n) is 9.14. The van der Waals surface area contributed by atoms with Crippen molar-refractivity contribution in [3.05, 3.63) is 0 Å². The zero-order chi connectivity index (χ0) is 16.9. The van der Waals surface area contributed by atoms with E-state index in [1.165, 1.54) is 51.9 Å². The van der Waals surface area contributed by atoms with Crippen LogP contribution in [-0.4, -0.2) is 22.0 Å². The fraction of sp³-hybridized carbons (Fsp3) is 0.889. The molecular formula is C18H32IO4-. The van der Waals surface area contributed by atoms with E-state index in [1.807, 2.05) is 0 Å². The summed E-state index contributed by atoms with van der Waals surface area (Å²) < 4.78 is 11.1. The summed E-state index contributed by atoms with van der Waals surface area (Å²) in [7, 11) is 0. The molecule has 1 aliphatic heterocycles. The third kappa shape index (κ3) is 10.2. The molecule has 1 unspecified atom stereocenters. The predicted molar refractivity (Wildman–Crippen MR) is 86.5 cm³/mol. The molecule has 0 saturated carbocycles. The number of hydrogen-bond donors (Lipinski definition) is 0. The van der Waals surface area contributed by atoms with Crippen molar-refractivity contribution >= 4 is 11.9 Å². The van der Waals surface area contributed by atoms with Crippen LogP contribution >= 0.6 is 0 Å². The van der Waals surface area contributed by atoms with Gasteiger partial charge in [-0.05, 0) is 0 Å². The molecule has 0 spiro atoms. The molecule has 1 saturated heterocycles. The predicted octanol–water partition coefficient (Wildman–Crippen LogP) is 1.55. The molecule has 0 radical (unpaired) electrons. The van der Waals surface area contributed by atoms with Crippen molar-refractivity contribution in [3.63, 3.8) is 0 Å². The van der Waals surface area contributed by atoms with Gasteiger partial charge in [-0.2, -0.15) is 0 Å². The minimum absolute atomic E-state index is 0.0204. The first kappa shape index (κ1) is 20.7. The SMILES string of the molecule is CCCCCCCCCCC([I-]OC(C)=O)[C@@H]1CCCC(=O)O1. The molecule has 4 nitrogen and oxygen atoms in total. The van der Waals surface area contributed by atoms with Crippen LogP contribution < -0.4 is 21.6 Å². The molecule has 136 valence electrons. The van der Waals surface area contributed by atoms with Crippen molar-refractivity contribution < 1.29 is 39.0 Å². The van der Waals surface area contributed by atoms with E-state index in [9.17, 15) is 9.59 Å². The van der Waals surface area contributed by atoms with Crippen LogP contribution in [0, 0.1) is 0 Å². The van der Waals surface area contributed by atoms with Gasteiger partial charge in [0.2, 0.25) is 0 Å². The molecule has 0 N–H and O–H groups in total. The van der Waals surface area contributed by atoms with E-state index in [-0.39, 0.29) is 22.0 Å². The maximum absolute atomic E-state index is 11.5. The van der Waals surface area contributed by atoms with Crippen molar-refractivity contribution in [2.24, 2.45) is 0 Å². The Morgan fingerprint density at radius 2 is 1.87 bits per heavy atom. The summed E-state index contributed by atoms with van der Waals surface area (Å²) in [5.74, 6) is -0.296. The number of rotatable bonds is 12. The first-order valence-corrected chi connectivity index (χ1v) is 11.3. The van der Waals surface area contributed by atoms with Gasteiger partial charge in [0.05, 0.1) is 0 Å². The Morgan fingerprint density at radius 3 is 2.48 bits per heavy atom. The molecule has 1 rings (SSSR count). The van der Waals surface area contributed by atoms with Crippen molar-refractivity contribution in [1.29, 1.82) is 0 Å². The van der Waals surface area contributed by atoms with E-state index in [4.69, 9.17) is 7.80 Å². The molecule has 0 aromatic rings. The molecule has 0 aliphatic carbocycles. The molecule has 23 heavy (non-hydrogen) atoms. The fourth-order valence-corrected chi connectivity index (χ4v) is 5.08. The van der Waals surface area contributed by atoms with E-state index < -0.39 is 21.6 Å². The van der Waals surface area contributed by atoms with Crippen molar-refractivity contribution in [2.45, 2.75) is 101 Å². The van der Waals surface area contributed by atoms with Crippen LogP contribution in [0.25, 0.3) is 0 Å². The monoisotopic (exact) mass is 439 g/mol.